The van der Waals surface area contributed by atoms with Crippen LogP contribution in [-0.2, 0) is 6.42 Å². The molecule has 1 N–H and O–H groups in total. The van der Waals surface area contributed by atoms with E-state index < -0.39 is 0 Å². The van der Waals surface area contributed by atoms with Crippen LogP contribution >= 0.6 is 0 Å². The summed E-state index contributed by atoms with van der Waals surface area (Å²) in [5.41, 5.74) is 3.02. The molecule has 4 rings (SSSR count). The number of anilines is 1. The van der Waals surface area contributed by atoms with Gasteiger partial charge >= 0.3 is 0 Å². The van der Waals surface area contributed by atoms with Gasteiger partial charge in [-0.2, -0.15) is 0 Å². The fourth-order valence-corrected chi connectivity index (χ4v) is 3.81. The highest BCUT2D eigenvalue weighted by atomic mass is 15.1. The van der Waals surface area contributed by atoms with Gasteiger partial charge in [-0.25, -0.2) is 0 Å². The minimum atomic E-state index is 0.862. The van der Waals surface area contributed by atoms with E-state index in [4.69, 9.17) is 0 Å². The standard InChI is InChI=1S/C18H26N2/c1-2-5-17-14(4-1)10-13-20(17)12-3-11-19-18(15-6-7-15)16-8-9-16/h1-2,4-5,15-16,18-19H,3,6-13H2. The average Bonchev–Trinajstić information content (AvgIpc) is 3.38. The second-order valence-corrected chi connectivity index (χ2v) is 6.87. The van der Waals surface area contributed by atoms with Crippen LogP contribution in [0, 0.1) is 11.8 Å². The number of nitrogens with zero attached hydrogens (tertiary/aromatic N) is 1. The molecule has 0 radical (unpaired) electrons. The number of para-hydroxylation sites is 1. The Labute approximate surface area is 122 Å². The lowest BCUT2D eigenvalue weighted by molar-refractivity contribution is 0.414. The Morgan fingerprint density at radius 2 is 1.85 bits per heavy atom. The van der Waals surface area contributed by atoms with E-state index in [1.54, 1.807) is 0 Å². The first kappa shape index (κ1) is 12.7. The Balaban J connectivity index is 1.23. The van der Waals surface area contributed by atoms with E-state index in [0.717, 1.165) is 17.9 Å². The predicted octanol–water partition coefficient (Wildman–Crippen LogP) is 3.22. The topological polar surface area (TPSA) is 15.3 Å². The molecule has 0 bridgehead atoms. The second kappa shape index (κ2) is 5.40. The summed E-state index contributed by atoms with van der Waals surface area (Å²) in [4.78, 5) is 2.57. The lowest BCUT2D eigenvalue weighted by Gasteiger charge is -2.21. The van der Waals surface area contributed by atoms with Crippen molar-refractivity contribution in [2.24, 2.45) is 11.8 Å². The highest BCUT2D eigenvalue weighted by molar-refractivity contribution is 5.57. The molecule has 0 aromatic heterocycles. The van der Waals surface area contributed by atoms with Crippen LogP contribution in [-0.4, -0.2) is 25.7 Å². The Morgan fingerprint density at radius 3 is 2.60 bits per heavy atom. The van der Waals surface area contributed by atoms with E-state index >= 15 is 0 Å². The molecule has 1 aliphatic heterocycles. The van der Waals surface area contributed by atoms with Gasteiger partial charge in [0.05, 0.1) is 0 Å². The smallest absolute Gasteiger partial charge is 0.0399 e. The van der Waals surface area contributed by atoms with E-state index in [1.807, 2.05) is 0 Å². The van der Waals surface area contributed by atoms with Crippen molar-refractivity contribution in [3.05, 3.63) is 29.8 Å². The average molecular weight is 270 g/mol. The monoisotopic (exact) mass is 270 g/mol. The molecule has 2 saturated carbocycles. The zero-order valence-electron chi connectivity index (χ0n) is 12.4. The fourth-order valence-electron chi connectivity index (χ4n) is 3.81. The van der Waals surface area contributed by atoms with Crippen molar-refractivity contribution in [3.8, 4) is 0 Å². The Kier molecular flexibility index (Phi) is 3.43. The quantitative estimate of drug-likeness (QED) is 0.765. The van der Waals surface area contributed by atoms with Crippen molar-refractivity contribution in [2.45, 2.75) is 44.6 Å². The minimum absolute atomic E-state index is 0.862. The van der Waals surface area contributed by atoms with Gasteiger partial charge in [-0.05, 0) is 68.5 Å². The summed E-state index contributed by atoms with van der Waals surface area (Å²) in [6.45, 7) is 3.64. The molecule has 20 heavy (non-hydrogen) atoms. The summed E-state index contributed by atoms with van der Waals surface area (Å²) in [5, 5.41) is 3.86. The molecular formula is C18H26N2. The van der Waals surface area contributed by atoms with Gasteiger partial charge in [0.1, 0.15) is 0 Å². The Hall–Kier alpha value is -1.02. The van der Waals surface area contributed by atoms with Crippen molar-refractivity contribution in [1.29, 1.82) is 0 Å². The van der Waals surface area contributed by atoms with Gasteiger partial charge in [0.25, 0.3) is 0 Å². The number of nitrogens with one attached hydrogen (secondary N) is 1. The zero-order valence-corrected chi connectivity index (χ0v) is 12.4. The molecule has 1 aromatic carbocycles. The van der Waals surface area contributed by atoms with Crippen LogP contribution in [0.1, 0.15) is 37.7 Å². The lowest BCUT2D eigenvalue weighted by Crippen LogP contribution is -2.35. The molecule has 1 aromatic rings. The van der Waals surface area contributed by atoms with Crippen molar-refractivity contribution in [3.63, 3.8) is 0 Å². The first-order valence-corrected chi connectivity index (χ1v) is 8.48. The Bertz CT molecular complexity index is 450. The van der Waals surface area contributed by atoms with Gasteiger partial charge in [-0.15, -0.1) is 0 Å². The molecule has 108 valence electrons. The molecule has 3 aliphatic rings. The molecule has 0 amide bonds. The highest BCUT2D eigenvalue weighted by Gasteiger charge is 2.40. The number of benzene rings is 1. The maximum Gasteiger partial charge on any atom is 0.0399 e. The third kappa shape index (κ3) is 2.71. The largest absolute Gasteiger partial charge is 0.371 e. The van der Waals surface area contributed by atoms with Crippen molar-refractivity contribution < 1.29 is 0 Å². The summed E-state index contributed by atoms with van der Waals surface area (Å²) >= 11 is 0. The normalized spacial score (nSPS) is 21.6. The summed E-state index contributed by atoms with van der Waals surface area (Å²) < 4.78 is 0. The third-order valence-corrected chi connectivity index (χ3v) is 5.23. The maximum absolute atomic E-state index is 3.86. The molecule has 0 spiro atoms. The summed E-state index contributed by atoms with van der Waals surface area (Å²) in [5.74, 6) is 2.05. The van der Waals surface area contributed by atoms with Gasteiger partial charge in [-0.1, -0.05) is 18.2 Å². The summed E-state index contributed by atoms with van der Waals surface area (Å²) in [6.07, 6.45) is 8.43. The SMILES string of the molecule is c1ccc2c(c1)CCN2CCCNC(C1CC1)C1CC1. The molecule has 2 nitrogen and oxygen atoms in total. The van der Waals surface area contributed by atoms with Crippen LogP contribution in [0.25, 0.3) is 0 Å². The van der Waals surface area contributed by atoms with Crippen molar-refractivity contribution in [2.75, 3.05) is 24.5 Å². The molecule has 0 atom stereocenters. The van der Waals surface area contributed by atoms with Crippen LogP contribution in [0.5, 0.6) is 0 Å². The molecule has 2 aliphatic carbocycles. The van der Waals surface area contributed by atoms with Gasteiger partial charge in [0, 0.05) is 24.8 Å². The van der Waals surface area contributed by atoms with Crippen LogP contribution in [0.2, 0.25) is 0 Å². The van der Waals surface area contributed by atoms with Crippen LogP contribution < -0.4 is 10.2 Å². The molecule has 2 heteroatoms. The molecule has 2 fully saturated rings. The molecule has 1 heterocycles. The second-order valence-electron chi connectivity index (χ2n) is 6.87. The third-order valence-electron chi connectivity index (χ3n) is 5.23. The van der Waals surface area contributed by atoms with E-state index in [2.05, 4.69) is 34.5 Å². The number of hydrogen-bond acceptors (Lipinski definition) is 2. The first-order valence-electron chi connectivity index (χ1n) is 8.48. The lowest BCUT2D eigenvalue weighted by atomic mass is 10.1. The number of rotatable bonds is 7. The number of hydrogen-bond donors (Lipinski definition) is 1. The summed E-state index contributed by atoms with van der Waals surface area (Å²) in [6, 6.07) is 9.77. The van der Waals surface area contributed by atoms with E-state index in [0.29, 0.717) is 0 Å². The van der Waals surface area contributed by atoms with Gasteiger partial charge in [0.2, 0.25) is 0 Å². The number of fused-ring (bicyclic) bond motifs is 1. The minimum Gasteiger partial charge on any atom is -0.371 e. The molecule has 0 unspecified atom stereocenters. The van der Waals surface area contributed by atoms with E-state index in [9.17, 15) is 0 Å². The first-order chi connectivity index (χ1) is 9.92. The van der Waals surface area contributed by atoms with Crippen molar-refractivity contribution in [1.82, 2.24) is 5.32 Å². The van der Waals surface area contributed by atoms with Crippen molar-refractivity contribution >= 4 is 5.69 Å². The van der Waals surface area contributed by atoms with Crippen LogP contribution in [0.3, 0.4) is 0 Å². The maximum atomic E-state index is 3.86. The van der Waals surface area contributed by atoms with Gasteiger partial charge < -0.3 is 10.2 Å². The van der Waals surface area contributed by atoms with E-state index in [1.165, 1.54) is 69.4 Å². The molecular weight excluding hydrogens is 244 g/mol. The summed E-state index contributed by atoms with van der Waals surface area (Å²) in [7, 11) is 0. The van der Waals surface area contributed by atoms with E-state index in [-0.39, 0.29) is 0 Å². The predicted molar refractivity (Wildman–Crippen MR) is 84.2 cm³/mol. The zero-order chi connectivity index (χ0) is 13.4. The fraction of sp³-hybridized carbons (Fsp3) is 0.667. The van der Waals surface area contributed by atoms with Gasteiger partial charge in [0.15, 0.2) is 0 Å². The van der Waals surface area contributed by atoms with Crippen LogP contribution in [0.15, 0.2) is 24.3 Å². The van der Waals surface area contributed by atoms with Crippen LogP contribution in [0.4, 0.5) is 5.69 Å². The molecule has 0 saturated heterocycles. The Morgan fingerprint density at radius 1 is 1.10 bits per heavy atom. The highest BCUT2D eigenvalue weighted by Crippen LogP contribution is 2.44. The van der Waals surface area contributed by atoms with Gasteiger partial charge in [-0.3, -0.25) is 0 Å².